The monoisotopic (exact) mass is 187 g/mol. The van der Waals surface area contributed by atoms with Crippen LogP contribution in [0.3, 0.4) is 0 Å². The minimum absolute atomic E-state index is 0.893. The molecular formula is C10H21NS. The standard InChI is InChI=1S/C10H21NS/c1-11(8-4-5-9-12)10-6-2-3-7-10/h10,12H,2-9H2,1H3. The molecule has 1 saturated carbocycles. The van der Waals surface area contributed by atoms with Crippen molar-refractivity contribution in [2.24, 2.45) is 0 Å². The van der Waals surface area contributed by atoms with E-state index in [1.54, 1.807) is 0 Å². The van der Waals surface area contributed by atoms with Crippen molar-refractivity contribution in [1.29, 1.82) is 0 Å². The molecule has 0 heterocycles. The quantitative estimate of drug-likeness (QED) is 0.511. The van der Waals surface area contributed by atoms with Gasteiger partial charge in [-0.05, 0) is 45.0 Å². The van der Waals surface area contributed by atoms with Crippen LogP contribution in [0.5, 0.6) is 0 Å². The number of thiol groups is 1. The SMILES string of the molecule is CN(CCCCS)C1CCCC1. The predicted octanol–water partition coefficient (Wildman–Crippen LogP) is 2.57. The fourth-order valence-electron chi connectivity index (χ4n) is 2.00. The van der Waals surface area contributed by atoms with Crippen LogP contribution in [0.25, 0.3) is 0 Å². The van der Waals surface area contributed by atoms with E-state index in [1.807, 2.05) is 0 Å². The summed E-state index contributed by atoms with van der Waals surface area (Å²) in [6.07, 6.45) is 8.33. The molecule has 1 fully saturated rings. The van der Waals surface area contributed by atoms with Gasteiger partial charge in [0.2, 0.25) is 0 Å². The Labute approximate surface area is 81.9 Å². The van der Waals surface area contributed by atoms with Crippen LogP contribution in [-0.2, 0) is 0 Å². The van der Waals surface area contributed by atoms with E-state index in [0.717, 1.165) is 11.8 Å². The van der Waals surface area contributed by atoms with E-state index in [0.29, 0.717) is 0 Å². The first-order chi connectivity index (χ1) is 5.84. The second-order valence-electron chi connectivity index (χ2n) is 3.85. The van der Waals surface area contributed by atoms with Crippen LogP contribution in [0.4, 0.5) is 0 Å². The van der Waals surface area contributed by atoms with E-state index < -0.39 is 0 Å². The van der Waals surface area contributed by atoms with Crippen molar-refractivity contribution in [1.82, 2.24) is 4.90 Å². The van der Waals surface area contributed by atoms with Crippen molar-refractivity contribution >= 4 is 12.6 Å². The summed E-state index contributed by atoms with van der Waals surface area (Å²) in [6, 6.07) is 0.893. The molecule has 0 aromatic rings. The molecule has 0 radical (unpaired) electrons. The summed E-state index contributed by atoms with van der Waals surface area (Å²) in [5.74, 6) is 1.04. The van der Waals surface area contributed by atoms with Gasteiger partial charge in [-0.15, -0.1) is 0 Å². The Morgan fingerprint density at radius 2 is 1.92 bits per heavy atom. The molecule has 0 unspecified atom stereocenters. The molecule has 0 N–H and O–H groups in total. The van der Waals surface area contributed by atoms with Gasteiger partial charge in [-0.2, -0.15) is 12.6 Å². The molecule has 0 saturated heterocycles. The summed E-state index contributed by atoms with van der Waals surface area (Å²) in [5.41, 5.74) is 0. The number of hydrogen-bond donors (Lipinski definition) is 1. The summed E-state index contributed by atoms with van der Waals surface area (Å²) in [6.45, 7) is 1.27. The zero-order chi connectivity index (χ0) is 8.81. The van der Waals surface area contributed by atoms with Crippen molar-refractivity contribution in [3.8, 4) is 0 Å². The maximum absolute atomic E-state index is 4.21. The van der Waals surface area contributed by atoms with Gasteiger partial charge in [-0.3, -0.25) is 0 Å². The Hall–Kier alpha value is 0.310. The van der Waals surface area contributed by atoms with Crippen LogP contribution < -0.4 is 0 Å². The lowest BCUT2D eigenvalue weighted by Crippen LogP contribution is -2.29. The molecule has 72 valence electrons. The lowest BCUT2D eigenvalue weighted by molar-refractivity contribution is 0.242. The summed E-state index contributed by atoms with van der Waals surface area (Å²) < 4.78 is 0. The molecule has 0 aliphatic heterocycles. The molecule has 1 aliphatic rings. The summed E-state index contributed by atoms with van der Waals surface area (Å²) in [5, 5.41) is 0. The van der Waals surface area contributed by atoms with Gasteiger partial charge < -0.3 is 4.90 Å². The van der Waals surface area contributed by atoms with Crippen molar-refractivity contribution < 1.29 is 0 Å². The third kappa shape index (κ3) is 3.36. The highest BCUT2D eigenvalue weighted by molar-refractivity contribution is 7.80. The molecule has 0 aromatic heterocycles. The first-order valence-corrected chi connectivity index (χ1v) is 5.79. The molecule has 12 heavy (non-hydrogen) atoms. The number of unbranched alkanes of at least 4 members (excludes halogenated alkanes) is 1. The minimum atomic E-state index is 0.893. The molecule has 0 bridgehead atoms. The van der Waals surface area contributed by atoms with E-state index in [9.17, 15) is 0 Å². The average molecular weight is 187 g/mol. The second-order valence-corrected chi connectivity index (χ2v) is 4.30. The number of nitrogens with zero attached hydrogens (tertiary/aromatic N) is 1. The highest BCUT2D eigenvalue weighted by Crippen LogP contribution is 2.22. The Balaban J connectivity index is 2.05. The van der Waals surface area contributed by atoms with Crippen LogP contribution in [0.2, 0.25) is 0 Å². The smallest absolute Gasteiger partial charge is 0.00922 e. The van der Waals surface area contributed by atoms with Gasteiger partial charge in [-0.25, -0.2) is 0 Å². The minimum Gasteiger partial charge on any atom is -0.303 e. The van der Waals surface area contributed by atoms with Gasteiger partial charge in [0.05, 0.1) is 0 Å². The highest BCUT2D eigenvalue weighted by Gasteiger charge is 2.18. The second kappa shape index (κ2) is 5.87. The highest BCUT2D eigenvalue weighted by atomic mass is 32.1. The molecule has 2 heteroatoms. The molecule has 0 amide bonds. The van der Waals surface area contributed by atoms with Gasteiger partial charge in [0.25, 0.3) is 0 Å². The number of rotatable bonds is 5. The van der Waals surface area contributed by atoms with Crippen molar-refractivity contribution in [2.45, 2.75) is 44.6 Å². The zero-order valence-corrected chi connectivity index (χ0v) is 9.02. The van der Waals surface area contributed by atoms with Crippen LogP contribution in [0, 0.1) is 0 Å². The van der Waals surface area contributed by atoms with Gasteiger partial charge >= 0.3 is 0 Å². The fourth-order valence-corrected chi connectivity index (χ4v) is 2.22. The average Bonchev–Trinajstić information content (AvgIpc) is 2.56. The van der Waals surface area contributed by atoms with E-state index >= 15 is 0 Å². The summed E-state index contributed by atoms with van der Waals surface area (Å²) in [4.78, 5) is 2.54. The Morgan fingerprint density at radius 3 is 2.50 bits per heavy atom. The molecule has 1 nitrogen and oxygen atoms in total. The first kappa shape index (κ1) is 10.4. The van der Waals surface area contributed by atoms with Crippen molar-refractivity contribution in [3.05, 3.63) is 0 Å². The van der Waals surface area contributed by atoms with Crippen LogP contribution in [0.1, 0.15) is 38.5 Å². The summed E-state index contributed by atoms with van der Waals surface area (Å²) in [7, 11) is 2.27. The molecule has 1 aliphatic carbocycles. The van der Waals surface area contributed by atoms with E-state index in [4.69, 9.17) is 0 Å². The van der Waals surface area contributed by atoms with Crippen LogP contribution >= 0.6 is 12.6 Å². The largest absolute Gasteiger partial charge is 0.303 e. The molecule has 0 atom stereocenters. The lowest BCUT2D eigenvalue weighted by Gasteiger charge is -2.23. The predicted molar refractivity (Wildman–Crippen MR) is 58.0 cm³/mol. The lowest BCUT2D eigenvalue weighted by atomic mass is 10.2. The third-order valence-corrected chi connectivity index (χ3v) is 3.18. The molecule has 1 rings (SSSR count). The molecule has 0 spiro atoms. The van der Waals surface area contributed by atoms with Crippen molar-refractivity contribution in [3.63, 3.8) is 0 Å². The third-order valence-electron chi connectivity index (χ3n) is 2.87. The van der Waals surface area contributed by atoms with Crippen molar-refractivity contribution in [2.75, 3.05) is 19.3 Å². The van der Waals surface area contributed by atoms with Gasteiger partial charge in [0, 0.05) is 6.04 Å². The maximum Gasteiger partial charge on any atom is 0.00922 e. The topological polar surface area (TPSA) is 3.24 Å². The van der Waals surface area contributed by atoms with E-state index in [-0.39, 0.29) is 0 Å². The normalized spacial score (nSPS) is 19.2. The zero-order valence-electron chi connectivity index (χ0n) is 8.13. The van der Waals surface area contributed by atoms with E-state index in [2.05, 4.69) is 24.6 Å². The Morgan fingerprint density at radius 1 is 1.25 bits per heavy atom. The molecular weight excluding hydrogens is 166 g/mol. The van der Waals surface area contributed by atoms with Gasteiger partial charge in [0.1, 0.15) is 0 Å². The Bertz CT molecular complexity index is 110. The van der Waals surface area contributed by atoms with Crippen LogP contribution in [-0.4, -0.2) is 30.3 Å². The Kier molecular flexibility index (Phi) is 5.08. The first-order valence-electron chi connectivity index (χ1n) is 5.15. The van der Waals surface area contributed by atoms with E-state index in [1.165, 1.54) is 45.1 Å². The maximum atomic E-state index is 4.21. The number of hydrogen-bond acceptors (Lipinski definition) is 2. The van der Waals surface area contributed by atoms with Gasteiger partial charge in [0.15, 0.2) is 0 Å². The van der Waals surface area contributed by atoms with Crippen LogP contribution in [0.15, 0.2) is 0 Å². The fraction of sp³-hybridized carbons (Fsp3) is 1.00. The molecule has 0 aromatic carbocycles. The summed E-state index contributed by atoms with van der Waals surface area (Å²) >= 11 is 4.21. The van der Waals surface area contributed by atoms with Gasteiger partial charge in [-0.1, -0.05) is 12.8 Å².